The SMILES string of the molecule is CC(O)CC(C)(C)CNC(=O)NC(C)(C)c1cccc(F)c1. The highest BCUT2D eigenvalue weighted by Crippen LogP contribution is 2.22. The summed E-state index contributed by atoms with van der Waals surface area (Å²) in [6.45, 7) is 9.79. The highest BCUT2D eigenvalue weighted by atomic mass is 19.1. The smallest absolute Gasteiger partial charge is 0.315 e. The minimum Gasteiger partial charge on any atom is -0.393 e. The van der Waals surface area contributed by atoms with Crippen molar-refractivity contribution >= 4 is 6.03 Å². The first kappa shape index (κ1) is 18.4. The third-order valence-electron chi connectivity index (χ3n) is 3.55. The van der Waals surface area contributed by atoms with Crippen molar-refractivity contribution in [3.63, 3.8) is 0 Å². The lowest BCUT2D eigenvalue weighted by Gasteiger charge is -2.30. The zero-order valence-corrected chi connectivity index (χ0v) is 14.0. The summed E-state index contributed by atoms with van der Waals surface area (Å²) in [5.74, 6) is -0.328. The number of aliphatic hydroxyl groups is 1. The molecule has 5 heteroatoms. The molecular weight excluding hydrogens is 283 g/mol. The summed E-state index contributed by atoms with van der Waals surface area (Å²) in [7, 11) is 0. The van der Waals surface area contributed by atoms with Crippen molar-refractivity contribution in [1.82, 2.24) is 10.6 Å². The van der Waals surface area contributed by atoms with E-state index in [1.165, 1.54) is 12.1 Å². The molecule has 1 unspecified atom stereocenters. The number of nitrogens with one attached hydrogen (secondary N) is 2. The lowest BCUT2D eigenvalue weighted by Crippen LogP contribution is -2.48. The fraction of sp³-hybridized carbons (Fsp3) is 0.588. The number of carbonyl (C=O) groups is 1. The Morgan fingerprint density at radius 1 is 1.32 bits per heavy atom. The Morgan fingerprint density at radius 3 is 2.50 bits per heavy atom. The molecule has 0 saturated heterocycles. The van der Waals surface area contributed by atoms with Crippen molar-refractivity contribution in [1.29, 1.82) is 0 Å². The summed E-state index contributed by atoms with van der Waals surface area (Å²) in [5.41, 5.74) is -0.180. The van der Waals surface area contributed by atoms with E-state index in [-0.39, 0.29) is 17.3 Å². The van der Waals surface area contributed by atoms with Gasteiger partial charge in [-0.25, -0.2) is 9.18 Å². The molecule has 1 aromatic rings. The Balaban J connectivity index is 2.60. The predicted molar refractivity (Wildman–Crippen MR) is 86.0 cm³/mol. The van der Waals surface area contributed by atoms with Gasteiger partial charge in [-0.1, -0.05) is 26.0 Å². The zero-order chi connectivity index (χ0) is 17.0. The van der Waals surface area contributed by atoms with Crippen LogP contribution in [0.5, 0.6) is 0 Å². The molecule has 0 aliphatic carbocycles. The van der Waals surface area contributed by atoms with Crippen molar-refractivity contribution in [2.75, 3.05) is 6.54 Å². The molecule has 2 amide bonds. The van der Waals surface area contributed by atoms with Gasteiger partial charge in [-0.15, -0.1) is 0 Å². The number of amides is 2. The van der Waals surface area contributed by atoms with Crippen molar-refractivity contribution < 1.29 is 14.3 Å². The summed E-state index contributed by atoms with van der Waals surface area (Å²) in [6.07, 6.45) is 0.184. The average Bonchev–Trinajstić information content (AvgIpc) is 2.34. The van der Waals surface area contributed by atoms with Crippen LogP contribution in [0.2, 0.25) is 0 Å². The lowest BCUT2D eigenvalue weighted by molar-refractivity contribution is 0.128. The van der Waals surface area contributed by atoms with E-state index in [9.17, 15) is 14.3 Å². The van der Waals surface area contributed by atoms with Gasteiger partial charge in [0.2, 0.25) is 0 Å². The molecule has 0 aliphatic heterocycles. The third-order valence-corrected chi connectivity index (χ3v) is 3.55. The summed E-state index contributed by atoms with van der Waals surface area (Å²) in [4.78, 5) is 12.1. The van der Waals surface area contributed by atoms with E-state index in [1.807, 2.05) is 27.7 Å². The largest absolute Gasteiger partial charge is 0.393 e. The van der Waals surface area contributed by atoms with E-state index in [1.54, 1.807) is 19.1 Å². The molecule has 1 atom stereocenters. The van der Waals surface area contributed by atoms with Gasteiger partial charge < -0.3 is 15.7 Å². The van der Waals surface area contributed by atoms with Gasteiger partial charge in [0, 0.05) is 6.54 Å². The molecule has 0 heterocycles. The first-order valence-corrected chi connectivity index (χ1v) is 7.52. The molecule has 3 N–H and O–H groups in total. The molecule has 0 aromatic heterocycles. The van der Waals surface area contributed by atoms with Gasteiger partial charge in [-0.05, 0) is 50.3 Å². The van der Waals surface area contributed by atoms with Crippen molar-refractivity contribution in [3.05, 3.63) is 35.6 Å². The minimum absolute atomic E-state index is 0.200. The Bertz CT molecular complexity index is 513. The Hall–Kier alpha value is -1.62. The standard InChI is InChI=1S/C17H27FN2O2/c1-12(21)10-16(2,3)11-19-15(22)20-17(4,5)13-7-6-8-14(18)9-13/h6-9,12,21H,10-11H2,1-5H3,(H2,19,20,22). The predicted octanol–water partition coefficient (Wildman–Crippen LogP) is 3.16. The van der Waals surface area contributed by atoms with Crippen LogP contribution in [0.3, 0.4) is 0 Å². The van der Waals surface area contributed by atoms with Crippen LogP contribution in [0.25, 0.3) is 0 Å². The third kappa shape index (κ3) is 6.02. The summed E-state index contributed by atoms with van der Waals surface area (Å²) >= 11 is 0. The van der Waals surface area contributed by atoms with E-state index in [0.717, 1.165) is 0 Å². The fourth-order valence-electron chi connectivity index (χ4n) is 2.47. The zero-order valence-electron chi connectivity index (χ0n) is 14.0. The van der Waals surface area contributed by atoms with Gasteiger partial charge in [0.1, 0.15) is 5.82 Å². The van der Waals surface area contributed by atoms with Gasteiger partial charge >= 0.3 is 6.03 Å². The molecule has 0 radical (unpaired) electrons. The number of aliphatic hydroxyl groups excluding tert-OH is 1. The minimum atomic E-state index is -0.680. The topological polar surface area (TPSA) is 61.4 Å². The first-order valence-electron chi connectivity index (χ1n) is 7.52. The van der Waals surface area contributed by atoms with E-state index >= 15 is 0 Å². The Kier molecular flexibility index (Phi) is 5.94. The first-order chi connectivity index (χ1) is 10.0. The van der Waals surface area contributed by atoms with Crippen LogP contribution in [0.1, 0.15) is 46.6 Å². The number of benzene rings is 1. The van der Waals surface area contributed by atoms with Crippen molar-refractivity contribution in [2.45, 2.75) is 52.7 Å². The lowest BCUT2D eigenvalue weighted by atomic mass is 9.87. The van der Waals surface area contributed by atoms with Gasteiger partial charge in [-0.2, -0.15) is 0 Å². The normalized spacial score (nSPS) is 13.6. The molecule has 0 aliphatic rings. The second-order valence-corrected chi connectivity index (χ2v) is 7.16. The second-order valence-electron chi connectivity index (χ2n) is 7.16. The van der Waals surface area contributed by atoms with Crippen LogP contribution in [-0.4, -0.2) is 23.8 Å². The van der Waals surface area contributed by atoms with E-state index < -0.39 is 11.6 Å². The molecule has 124 valence electrons. The molecule has 0 bridgehead atoms. The average molecular weight is 310 g/mol. The van der Waals surface area contributed by atoms with Crippen molar-refractivity contribution in [2.24, 2.45) is 5.41 Å². The second kappa shape index (κ2) is 7.09. The number of halogens is 1. The Labute approximate surface area is 132 Å². The molecule has 0 spiro atoms. The fourth-order valence-corrected chi connectivity index (χ4v) is 2.47. The highest BCUT2D eigenvalue weighted by molar-refractivity contribution is 5.75. The molecule has 4 nitrogen and oxygen atoms in total. The molecule has 0 fully saturated rings. The van der Waals surface area contributed by atoms with Crippen LogP contribution in [0.4, 0.5) is 9.18 Å². The van der Waals surface area contributed by atoms with Gasteiger partial charge in [0.25, 0.3) is 0 Å². The number of rotatable bonds is 6. The van der Waals surface area contributed by atoms with Crippen LogP contribution in [0.15, 0.2) is 24.3 Å². The maximum atomic E-state index is 13.3. The monoisotopic (exact) mass is 310 g/mol. The van der Waals surface area contributed by atoms with E-state index in [2.05, 4.69) is 10.6 Å². The maximum Gasteiger partial charge on any atom is 0.315 e. The molecular formula is C17H27FN2O2. The molecule has 0 saturated carbocycles. The van der Waals surface area contributed by atoms with Crippen LogP contribution >= 0.6 is 0 Å². The summed E-state index contributed by atoms with van der Waals surface area (Å²) in [6, 6.07) is 5.88. The maximum absolute atomic E-state index is 13.3. The van der Waals surface area contributed by atoms with Crippen LogP contribution in [-0.2, 0) is 5.54 Å². The van der Waals surface area contributed by atoms with Gasteiger partial charge in [0.15, 0.2) is 0 Å². The van der Waals surface area contributed by atoms with Gasteiger partial charge in [0.05, 0.1) is 11.6 Å². The number of hydrogen-bond acceptors (Lipinski definition) is 2. The Morgan fingerprint density at radius 2 is 1.95 bits per heavy atom. The van der Waals surface area contributed by atoms with Crippen LogP contribution in [0, 0.1) is 11.2 Å². The van der Waals surface area contributed by atoms with E-state index in [4.69, 9.17) is 0 Å². The summed E-state index contributed by atoms with van der Waals surface area (Å²) < 4.78 is 13.3. The summed E-state index contributed by atoms with van der Waals surface area (Å²) in [5, 5.41) is 15.1. The number of urea groups is 1. The number of hydrogen-bond donors (Lipinski definition) is 3. The van der Waals surface area contributed by atoms with Crippen LogP contribution < -0.4 is 10.6 Å². The molecule has 22 heavy (non-hydrogen) atoms. The highest BCUT2D eigenvalue weighted by Gasteiger charge is 2.25. The molecule has 1 aromatic carbocycles. The molecule has 1 rings (SSSR count). The van der Waals surface area contributed by atoms with Gasteiger partial charge in [-0.3, -0.25) is 0 Å². The number of carbonyl (C=O) groups excluding carboxylic acids is 1. The quantitative estimate of drug-likeness (QED) is 0.756. The van der Waals surface area contributed by atoms with Crippen molar-refractivity contribution in [3.8, 4) is 0 Å². The van der Waals surface area contributed by atoms with E-state index in [0.29, 0.717) is 18.5 Å².